The average Bonchev–Trinajstić information content (AvgIpc) is 2.58. The number of aryl methyl sites for hydroxylation is 1. The molecule has 0 radical (unpaired) electrons. The predicted molar refractivity (Wildman–Crippen MR) is 76.6 cm³/mol. The summed E-state index contributed by atoms with van der Waals surface area (Å²) < 4.78 is 0. The average molecular weight is 275 g/mol. The number of aliphatic hydroxyl groups excluding tert-OH is 1. The number of carbonyl (C=O) groups excluding carboxylic acids is 2. The lowest BCUT2D eigenvalue weighted by Gasteiger charge is -2.36. The highest BCUT2D eigenvalue weighted by molar-refractivity contribution is 6.21. The number of hydrogen-bond acceptors (Lipinski definition) is 3. The van der Waals surface area contributed by atoms with Crippen molar-refractivity contribution in [1.29, 1.82) is 0 Å². The monoisotopic (exact) mass is 275 g/mol. The molecule has 2 amide bonds. The lowest BCUT2D eigenvalue weighted by atomic mass is 9.84. The quantitative estimate of drug-likeness (QED) is 0.862. The zero-order valence-electron chi connectivity index (χ0n) is 12.4. The third-order valence-electron chi connectivity index (χ3n) is 3.79. The van der Waals surface area contributed by atoms with Gasteiger partial charge in [-0.25, -0.2) is 0 Å². The van der Waals surface area contributed by atoms with Crippen LogP contribution in [0.1, 0.15) is 53.5 Å². The number of nitrogens with zero attached hydrogens (tertiary/aromatic N) is 1. The molecule has 1 N–H and O–H groups in total. The van der Waals surface area contributed by atoms with Gasteiger partial charge in [0.25, 0.3) is 11.8 Å². The molecule has 1 aromatic rings. The molecule has 1 aromatic carbocycles. The van der Waals surface area contributed by atoms with Gasteiger partial charge in [-0.2, -0.15) is 0 Å². The largest absolute Gasteiger partial charge is 0.396 e. The van der Waals surface area contributed by atoms with Gasteiger partial charge in [0, 0.05) is 12.6 Å². The van der Waals surface area contributed by atoms with Crippen LogP contribution in [0.25, 0.3) is 0 Å². The maximum Gasteiger partial charge on any atom is 0.261 e. The van der Waals surface area contributed by atoms with Crippen LogP contribution in [-0.4, -0.2) is 34.5 Å². The number of carbonyl (C=O) groups is 2. The van der Waals surface area contributed by atoms with E-state index in [1.165, 1.54) is 4.90 Å². The van der Waals surface area contributed by atoms with E-state index in [0.29, 0.717) is 17.5 Å². The first-order valence-electron chi connectivity index (χ1n) is 6.86. The van der Waals surface area contributed by atoms with Crippen molar-refractivity contribution in [3.05, 3.63) is 34.9 Å². The maximum atomic E-state index is 12.5. The van der Waals surface area contributed by atoms with Crippen LogP contribution < -0.4 is 0 Å². The summed E-state index contributed by atoms with van der Waals surface area (Å²) in [5.74, 6) is -0.500. The number of rotatable bonds is 3. The van der Waals surface area contributed by atoms with Crippen molar-refractivity contribution in [2.45, 2.75) is 40.2 Å². The topological polar surface area (TPSA) is 57.6 Å². The van der Waals surface area contributed by atoms with Crippen LogP contribution in [0.2, 0.25) is 0 Å². The van der Waals surface area contributed by atoms with Crippen LogP contribution in [0.4, 0.5) is 0 Å². The zero-order valence-corrected chi connectivity index (χ0v) is 12.4. The maximum absolute atomic E-state index is 12.5. The molecule has 0 saturated carbocycles. The summed E-state index contributed by atoms with van der Waals surface area (Å²) in [5.41, 5.74) is 1.63. The SMILES string of the molecule is Cc1ccc2c(c1)C(=O)N(C(CCO)C(C)(C)C)C2=O. The molecular formula is C16H21NO3. The van der Waals surface area contributed by atoms with Gasteiger partial charge >= 0.3 is 0 Å². The van der Waals surface area contributed by atoms with Crippen LogP contribution >= 0.6 is 0 Å². The van der Waals surface area contributed by atoms with Crippen LogP contribution in [0.15, 0.2) is 18.2 Å². The number of amides is 2. The first-order chi connectivity index (χ1) is 9.27. The number of hydrogen-bond donors (Lipinski definition) is 1. The molecule has 1 aliphatic rings. The van der Waals surface area contributed by atoms with Gasteiger partial charge in [-0.15, -0.1) is 0 Å². The first kappa shape index (κ1) is 14.7. The van der Waals surface area contributed by atoms with E-state index in [0.717, 1.165) is 5.56 Å². The Kier molecular flexibility index (Phi) is 3.69. The fourth-order valence-electron chi connectivity index (χ4n) is 2.73. The number of aliphatic hydroxyl groups is 1. The molecule has 4 nitrogen and oxygen atoms in total. The zero-order chi connectivity index (χ0) is 15.1. The summed E-state index contributed by atoms with van der Waals surface area (Å²) >= 11 is 0. The van der Waals surface area contributed by atoms with Crippen LogP contribution in [0.3, 0.4) is 0 Å². The van der Waals surface area contributed by atoms with Gasteiger partial charge in [-0.3, -0.25) is 14.5 Å². The van der Waals surface area contributed by atoms with Crippen molar-refractivity contribution in [3.8, 4) is 0 Å². The minimum absolute atomic E-state index is 0.0473. The first-order valence-corrected chi connectivity index (χ1v) is 6.86. The smallest absolute Gasteiger partial charge is 0.261 e. The van der Waals surface area contributed by atoms with Gasteiger partial charge in [0.2, 0.25) is 0 Å². The van der Waals surface area contributed by atoms with E-state index in [1.54, 1.807) is 12.1 Å². The molecule has 0 bridgehead atoms. The van der Waals surface area contributed by atoms with E-state index in [9.17, 15) is 14.7 Å². The summed E-state index contributed by atoms with van der Waals surface area (Å²) in [5, 5.41) is 9.24. The molecule has 2 rings (SSSR count). The molecule has 0 spiro atoms. The highest BCUT2D eigenvalue weighted by atomic mass is 16.3. The van der Waals surface area contributed by atoms with E-state index in [1.807, 2.05) is 33.8 Å². The minimum atomic E-state index is -0.305. The van der Waals surface area contributed by atoms with E-state index in [-0.39, 0.29) is 29.9 Å². The van der Waals surface area contributed by atoms with E-state index >= 15 is 0 Å². The van der Waals surface area contributed by atoms with E-state index < -0.39 is 0 Å². The van der Waals surface area contributed by atoms with Gasteiger partial charge < -0.3 is 5.11 Å². The Bertz CT molecular complexity index is 557. The second-order valence-corrected chi connectivity index (χ2v) is 6.42. The lowest BCUT2D eigenvalue weighted by molar-refractivity contribution is 0.0410. The van der Waals surface area contributed by atoms with Crippen molar-refractivity contribution in [3.63, 3.8) is 0 Å². The molecule has 4 heteroatoms. The molecule has 0 aliphatic carbocycles. The molecule has 1 aliphatic heterocycles. The molecule has 0 aromatic heterocycles. The molecular weight excluding hydrogens is 254 g/mol. The Labute approximate surface area is 119 Å². The molecule has 1 atom stereocenters. The Morgan fingerprint density at radius 3 is 2.30 bits per heavy atom. The van der Waals surface area contributed by atoms with Crippen molar-refractivity contribution in [1.82, 2.24) is 4.90 Å². The lowest BCUT2D eigenvalue weighted by Crippen LogP contribution is -2.47. The normalized spacial score (nSPS) is 16.6. The van der Waals surface area contributed by atoms with Gasteiger partial charge in [0.1, 0.15) is 0 Å². The molecule has 1 unspecified atom stereocenters. The Hall–Kier alpha value is -1.68. The fourth-order valence-corrected chi connectivity index (χ4v) is 2.73. The summed E-state index contributed by atoms with van der Waals surface area (Å²) in [6.07, 6.45) is 0.397. The number of benzene rings is 1. The summed E-state index contributed by atoms with van der Waals surface area (Å²) in [4.78, 5) is 26.4. The van der Waals surface area contributed by atoms with Gasteiger partial charge in [0.05, 0.1) is 11.1 Å². The highest BCUT2D eigenvalue weighted by Crippen LogP contribution is 2.34. The van der Waals surface area contributed by atoms with Crippen LogP contribution in [0, 0.1) is 12.3 Å². The Morgan fingerprint density at radius 2 is 1.75 bits per heavy atom. The van der Waals surface area contributed by atoms with Gasteiger partial charge in [0.15, 0.2) is 0 Å². The second-order valence-electron chi connectivity index (χ2n) is 6.42. The highest BCUT2D eigenvalue weighted by Gasteiger charge is 2.43. The Morgan fingerprint density at radius 1 is 1.15 bits per heavy atom. The van der Waals surface area contributed by atoms with Gasteiger partial charge in [-0.1, -0.05) is 32.4 Å². The molecule has 1 heterocycles. The Balaban J connectivity index is 2.45. The predicted octanol–water partition coefficient (Wildman–Crippen LogP) is 2.39. The fraction of sp³-hybridized carbons (Fsp3) is 0.500. The number of fused-ring (bicyclic) bond motifs is 1. The van der Waals surface area contributed by atoms with Crippen molar-refractivity contribution in [2.24, 2.45) is 5.41 Å². The third kappa shape index (κ3) is 2.36. The minimum Gasteiger partial charge on any atom is -0.396 e. The standard InChI is InChI=1S/C16H21NO3/c1-10-5-6-11-12(9-10)15(20)17(14(11)19)13(7-8-18)16(2,3)4/h5-6,9,13,18H,7-8H2,1-4H3. The summed E-state index contributed by atoms with van der Waals surface area (Å²) in [6.45, 7) is 7.77. The van der Waals surface area contributed by atoms with Crippen molar-refractivity contribution in [2.75, 3.05) is 6.61 Å². The summed E-state index contributed by atoms with van der Waals surface area (Å²) in [7, 11) is 0. The second kappa shape index (κ2) is 5.02. The van der Waals surface area contributed by atoms with E-state index in [4.69, 9.17) is 0 Å². The number of imide groups is 1. The van der Waals surface area contributed by atoms with Gasteiger partial charge in [-0.05, 0) is 30.9 Å². The van der Waals surface area contributed by atoms with Crippen LogP contribution in [-0.2, 0) is 0 Å². The van der Waals surface area contributed by atoms with E-state index in [2.05, 4.69) is 0 Å². The van der Waals surface area contributed by atoms with Crippen LogP contribution in [0.5, 0.6) is 0 Å². The van der Waals surface area contributed by atoms with Crippen molar-refractivity contribution >= 4 is 11.8 Å². The third-order valence-corrected chi connectivity index (χ3v) is 3.79. The molecule has 0 fully saturated rings. The molecule has 0 saturated heterocycles. The molecule has 20 heavy (non-hydrogen) atoms. The molecule has 108 valence electrons. The summed E-state index contributed by atoms with van der Waals surface area (Å²) in [6, 6.07) is 5.00. The van der Waals surface area contributed by atoms with Crippen molar-refractivity contribution < 1.29 is 14.7 Å².